The summed E-state index contributed by atoms with van der Waals surface area (Å²) in [6, 6.07) is 6.80. The van der Waals surface area contributed by atoms with Gasteiger partial charge in [-0.15, -0.1) is 0 Å². The van der Waals surface area contributed by atoms with E-state index in [-0.39, 0.29) is 23.3 Å². The molecule has 1 aromatic rings. The second-order valence-electron chi connectivity index (χ2n) is 12.9. The maximum atomic E-state index is 12.7. The van der Waals surface area contributed by atoms with Crippen molar-refractivity contribution in [2.45, 2.75) is 88.1 Å². The Morgan fingerprint density at radius 2 is 0.824 bits per heavy atom. The van der Waals surface area contributed by atoms with Gasteiger partial charge in [-0.2, -0.15) is 0 Å². The van der Waals surface area contributed by atoms with Crippen LogP contribution in [-0.4, -0.2) is 23.3 Å². The van der Waals surface area contributed by atoms with Gasteiger partial charge in [-0.05, 0) is 137 Å². The molecule has 8 aliphatic carbocycles. The summed E-state index contributed by atoms with van der Waals surface area (Å²) in [7, 11) is 0. The van der Waals surface area contributed by atoms with Crippen molar-refractivity contribution in [2.24, 2.45) is 35.5 Å². The zero-order valence-electron chi connectivity index (χ0n) is 19.9. The molecule has 0 spiro atoms. The summed E-state index contributed by atoms with van der Waals surface area (Å²) in [4.78, 5) is 25.4. The lowest BCUT2D eigenvalue weighted by atomic mass is 9.53. The first-order valence-electron chi connectivity index (χ1n) is 13.5. The summed E-state index contributed by atoms with van der Waals surface area (Å²) in [5.74, 6) is 5.56. The Morgan fingerprint density at radius 1 is 0.559 bits per heavy atom. The average Bonchev–Trinajstić information content (AvgIpc) is 2.72. The van der Waals surface area contributed by atoms with Gasteiger partial charge in [0.2, 0.25) is 0 Å². The predicted octanol–water partition coefficient (Wildman–Crippen LogP) is 5.80. The van der Waals surface area contributed by atoms with Crippen molar-refractivity contribution in [3.05, 3.63) is 24.3 Å². The molecule has 0 saturated heterocycles. The van der Waals surface area contributed by atoms with Crippen LogP contribution in [0.1, 0.15) is 77.0 Å². The number of nitrogens with one attached hydrogen (secondary N) is 2. The summed E-state index contributed by atoms with van der Waals surface area (Å²) in [5.41, 5.74) is -0.130. The van der Waals surface area contributed by atoms with E-state index in [0.717, 1.165) is 74.0 Å². The molecular weight excluding hydrogens is 428 g/mol. The number of hydrogen-bond acceptors (Lipinski definition) is 4. The van der Waals surface area contributed by atoms with Crippen molar-refractivity contribution in [2.75, 3.05) is 0 Å². The molecule has 0 aliphatic heterocycles. The van der Waals surface area contributed by atoms with Crippen LogP contribution in [0.3, 0.4) is 0 Å². The van der Waals surface area contributed by atoms with E-state index in [2.05, 4.69) is 10.6 Å². The molecule has 0 radical (unpaired) electrons. The van der Waals surface area contributed by atoms with E-state index in [1.54, 1.807) is 24.3 Å². The lowest BCUT2D eigenvalue weighted by Gasteiger charge is -2.56. The number of carbonyl (C=O) groups excluding carboxylic acids is 2. The van der Waals surface area contributed by atoms with Crippen LogP contribution in [-0.2, 0) is 0 Å². The highest BCUT2D eigenvalue weighted by Gasteiger charge is 2.53. The number of amides is 2. The third-order valence-corrected chi connectivity index (χ3v) is 10.1. The molecule has 0 aromatic heterocycles. The largest absolute Gasteiger partial charge is 0.413 e. The normalized spacial score (nSPS) is 42.9. The Kier molecular flexibility index (Phi) is 4.73. The molecule has 9 rings (SSSR count). The minimum absolute atomic E-state index is 0.0652. The minimum atomic E-state index is -0.366. The zero-order chi connectivity index (χ0) is 22.9. The molecule has 8 saturated carbocycles. The molecule has 8 aliphatic rings. The Balaban J connectivity index is 0.935. The Morgan fingerprint density at radius 3 is 1.09 bits per heavy atom. The lowest BCUT2D eigenvalue weighted by molar-refractivity contribution is -0.0165. The van der Waals surface area contributed by atoms with Gasteiger partial charge in [-0.25, -0.2) is 9.59 Å². The number of hydrogen-bond donors (Lipinski definition) is 2. The van der Waals surface area contributed by atoms with E-state index in [1.807, 2.05) is 0 Å². The summed E-state index contributed by atoms with van der Waals surface area (Å²) in [6.45, 7) is 0. The van der Waals surface area contributed by atoms with E-state index < -0.39 is 0 Å². The molecule has 0 unspecified atom stereocenters. The fourth-order valence-electron chi connectivity index (χ4n) is 9.80. The fraction of sp³-hybridized carbons (Fsp3) is 0.714. The van der Waals surface area contributed by atoms with Crippen molar-refractivity contribution >= 4 is 12.2 Å². The van der Waals surface area contributed by atoms with E-state index in [0.29, 0.717) is 11.5 Å². The minimum Gasteiger partial charge on any atom is -0.410 e. The van der Waals surface area contributed by atoms with Crippen LogP contribution in [0.25, 0.3) is 0 Å². The van der Waals surface area contributed by atoms with Crippen molar-refractivity contribution in [1.82, 2.24) is 10.6 Å². The maximum absolute atomic E-state index is 12.7. The summed E-state index contributed by atoms with van der Waals surface area (Å²) in [5, 5.41) is 6.47. The first-order valence-corrected chi connectivity index (χ1v) is 13.5. The quantitative estimate of drug-likeness (QED) is 0.590. The van der Waals surface area contributed by atoms with Crippen LogP contribution in [0.15, 0.2) is 24.3 Å². The van der Waals surface area contributed by atoms with E-state index >= 15 is 0 Å². The number of ether oxygens (including phenoxy) is 2. The van der Waals surface area contributed by atoms with Crippen LogP contribution in [0.2, 0.25) is 0 Å². The van der Waals surface area contributed by atoms with E-state index in [4.69, 9.17) is 9.47 Å². The van der Waals surface area contributed by atoms with Crippen LogP contribution in [0, 0.1) is 35.5 Å². The Hall–Kier alpha value is -2.24. The van der Waals surface area contributed by atoms with Crippen molar-refractivity contribution in [1.29, 1.82) is 0 Å². The van der Waals surface area contributed by atoms with Gasteiger partial charge in [0.05, 0.1) is 0 Å². The van der Waals surface area contributed by atoms with Gasteiger partial charge in [0.25, 0.3) is 0 Å². The standard InChI is InChI=1S/C28H36N2O4/c31-25(29-27-11-17-5-18(12-27)7-19(6-17)13-27)33-23-1-2-24(4-3-23)34-26(32)30-28-14-20-8-21(15-28)10-22(9-20)16-28/h1-4,17-22H,5-16H2,(H,29,31)(H,30,32). The number of carbonyl (C=O) groups is 2. The average molecular weight is 465 g/mol. The molecule has 34 heavy (non-hydrogen) atoms. The first-order chi connectivity index (χ1) is 16.4. The van der Waals surface area contributed by atoms with Crippen LogP contribution < -0.4 is 20.1 Å². The highest BCUT2D eigenvalue weighted by molar-refractivity contribution is 5.73. The van der Waals surface area contributed by atoms with Crippen LogP contribution in [0.4, 0.5) is 9.59 Å². The fourth-order valence-corrected chi connectivity index (χ4v) is 9.80. The lowest BCUT2D eigenvalue weighted by Crippen LogP contribution is -2.60. The number of benzene rings is 1. The smallest absolute Gasteiger partial charge is 0.410 e. The third-order valence-electron chi connectivity index (χ3n) is 10.1. The molecule has 182 valence electrons. The topological polar surface area (TPSA) is 76.7 Å². The van der Waals surface area contributed by atoms with Gasteiger partial charge in [0.1, 0.15) is 11.5 Å². The second-order valence-corrected chi connectivity index (χ2v) is 12.9. The molecule has 2 N–H and O–H groups in total. The molecule has 8 bridgehead atoms. The van der Waals surface area contributed by atoms with Gasteiger partial charge in [0, 0.05) is 11.1 Å². The van der Waals surface area contributed by atoms with Gasteiger partial charge < -0.3 is 20.1 Å². The zero-order valence-corrected chi connectivity index (χ0v) is 19.9. The molecule has 2 amide bonds. The maximum Gasteiger partial charge on any atom is 0.413 e. The van der Waals surface area contributed by atoms with Crippen molar-refractivity contribution < 1.29 is 19.1 Å². The monoisotopic (exact) mass is 464 g/mol. The third kappa shape index (κ3) is 3.87. The summed E-state index contributed by atoms with van der Waals surface area (Å²) < 4.78 is 11.2. The number of rotatable bonds is 4. The molecule has 6 nitrogen and oxygen atoms in total. The highest BCUT2D eigenvalue weighted by Crippen LogP contribution is 2.56. The van der Waals surface area contributed by atoms with Gasteiger partial charge in [-0.3, -0.25) is 0 Å². The second kappa shape index (κ2) is 7.63. The Labute approximate surface area is 201 Å². The van der Waals surface area contributed by atoms with Gasteiger partial charge >= 0.3 is 12.2 Å². The molecule has 0 heterocycles. The van der Waals surface area contributed by atoms with Gasteiger partial charge in [0.15, 0.2) is 0 Å². The van der Waals surface area contributed by atoms with Crippen molar-refractivity contribution in [3.8, 4) is 11.5 Å². The van der Waals surface area contributed by atoms with Gasteiger partial charge in [-0.1, -0.05) is 0 Å². The van der Waals surface area contributed by atoms with Crippen molar-refractivity contribution in [3.63, 3.8) is 0 Å². The molecular formula is C28H36N2O4. The van der Waals surface area contributed by atoms with E-state index in [1.165, 1.54) is 38.5 Å². The summed E-state index contributed by atoms with van der Waals surface area (Å²) in [6.07, 6.45) is 13.9. The molecule has 1 aromatic carbocycles. The molecule has 6 heteroatoms. The first kappa shape index (κ1) is 21.1. The summed E-state index contributed by atoms with van der Waals surface area (Å²) >= 11 is 0. The predicted molar refractivity (Wildman–Crippen MR) is 127 cm³/mol. The highest BCUT2D eigenvalue weighted by atomic mass is 16.6. The van der Waals surface area contributed by atoms with E-state index in [9.17, 15) is 9.59 Å². The molecule has 8 fully saturated rings. The SMILES string of the molecule is O=C(NC12CC3CC(CC(C3)C1)C2)Oc1ccc(OC(=O)NC23CC4CC(CC(C4)C2)C3)cc1. The van der Waals surface area contributed by atoms with Crippen LogP contribution in [0.5, 0.6) is 11.5 Å². The molecule has 0 atom stereocenters. The Bertz CT molecular complexity index is 837. The van der Waals surface area contributed by atoms with Crippen LogP contribution >= 0.6 is 0 Å².